The SMILES string of the molecule is CNC(=O)COc1ccc(C2CCNCC2)cc1. The highest BCUT2D eigenvalue weighted by molar-refractivity contribution is 5.77. The van der Waals surface area contributed by atoms with Crippen molar-refractivity contribution in [2.24, 2.45) is 0 Å². The maximum atomic E-state index is 11.1. The lowest BCUT2D eigenvalue weighted by atomic mass is 9.90. The van der Waals surface area contributed by atoms with Crippen LogP contribution in [0.25, 0.3) is 0 Å². The molecule has 18 heavy (non-hydrogen) atoms. The van der Waals surface area contributed by atoms with Crippen molar-refractivity contribution >= 4 is 5.91 Å². The molecule has 2 rings (SSSR count). The third kappa shape index (κ3) is 3.47. The van der Waals surface area contributed by atoms with Crippen molar-refractivity contribution in [1.82, 2.24) is 10.6 Å². The Labute approximate surface area is 108 Å². The number of amides is 1. The number of carbonyl (C=O) groups is 1. The average molecular weight is 248 g/mol. The van der Waals surface area contributed by atoms with Crippen molar-refractivity contribution in [3.05, 3.63) is 29.8 Å². The number of likely N-dealkylation sites (N-methyl/N-ethyl adjacent to an activating group) is 1. The fourth-order valence-electron chi connectivity index (χ4n) is 2.21. The smallest absolute Gasteiger partial charge is 0.257 e. The minimum Gasteiger partial charge on any atom is -0.484 e. The Hall–Kier alpha value is -1.55. The van der Waals surface area contributed by atoms with E-state index in [2.05, 4.69) is 22.8 Å². The largest absolute Gasteiger partial charge is 0.484 e. The maximum Gasteiger partial charge on any atom is 0.257 e. The third-order valence-electron chi connectivity index (χ3n) is 3.34. The van der Waals surface area contributed by atoms with E-state index in [4.69, 9.17) is 4.74 Å². The molecule has 0 saturated carbocycles. The van der Waals surface area contributed by atoms with Gasteiger partial charge in [-0.25, -0.2) is 0 Å². The van der Waals surface area contributed by atoms with Crippen LogP contribution in [-0.4, -0.2) is 32.7 Å². The molecule has 1 heterocycles. The van der Waals surface area contributed by atoms with Crippen LogP contribution < -0.4 is 15.4 Å². The van der Waals surface area contributed by atoms with Crippen molar-refractivity contribution in [3.63, 3.8) is 0 Å². The van der Waals surface area contributed by atoms with Gasteiger partial charge in [-0.2, -0.15) is 0 Å². The molecular formula is C14H20N2O2. The number of carbonyl (C=O) groups excluding carboxylic acids is 1. The summed E-state index contributed by atoms with van der Waals surface area (Å²) in [5, 5.41) is 5.89. The van der Waals surface area contributed by atoms with Gasteiger partial charge in [0, 0.05) is 7.05 Å². The zero-order valence-corrected chi connectivity index (χ0v) is 10.7. The van der Waals surface area contributed by atoms with Crippen molar-refractivity contribution in [2.75, 3.05) is 26.7 Å². The first-order valence-electron chi connectivity index (χ1n) is 6.43. The van der Waals surface area contributed by atoms with Crippen molar-refractivity contribution in [1.29, 1.82) is 0 Å². The monoisotopic (exact) mass is 248 g/mol. The molecule has 1 aromatic rings. The van der Waals surface area contributed by atoms with Gasteiger partial charge in [0.2, 0.25) is 0 Å². The molecule has 1 fully saturated rings. The molecule has 0 bridgehead atoms. The molecule has 0 atom stereocenters. The summed E-state index contributed by atoms with van der Waals surface area (Å²) in [7, 11) is 1.60. The summed E-state index contributed by atoms with van der Waals surface area (Å²) in [6.45, 7) is 2.27. The standard InChI is InChI=1S/C14H20N2O2/c1-15-14(17)10-18-13-4-2-11(3-5-13)12-6-8-16-9-7-12/h2-5,12,16H,6-10H2,1H3,(H,15,17). The number of rotatable bonds is 4. The molecule has 1 amide bonds. The summed E-state index contributed by atoms with van der Waals surface area (Å²) < 4.78 is 5.38. The maximum absolute atomic E-state index is 11.1. The first-order valence-corrected chi connectivity index (χ1v) is 6.43. The van der Waals surface area contributed by atoms with Crippen LogP contribution in [0.4, 0.5) is 0 Å². The zero-order chi connectivity index (χ0) is 12.8. The zero-order valence-electron chi connectivity index (χ0n) is 10.7. The fourth-order valence-corrected chi connectivity index (χ4v) is 2.21. The van der Waals surface area contributed by atoms with Gasteiger partial charge in [-0.05, 0) is 49.5 Å². The Bertz CT molecular complexity index is 383. The summed E-state index contributed by atoms with van der Waals surface area (Å²) in [4.78, 5) is 11.1. The van der Waals surface area contributed by atoms with E-state index in [1.807, 2.05) is 12.1 Å². The number of piperidine rings is 1. The van der Waals surface area contributed by atoms with Gasteiger partial charge in [-0.1, -0.05) is 12.1 Å². The summed E-state index contributed by atoms with van der Waals surface area (Å²) in [6, 6.07) is 8.10. The summed E-state index contributed by atoms with van der Waals surface area (Å²) >= 11 is 0. The van der Waals surface area contributed by atoms with Gasteiger partial charge in [0.25, 0.3) is 5.91 Å². The highest BCUT2D eigenvalue weighted by Crippen LogP contribution is 2.26. The molecule has 1 aromatic carbocycles. The number of hydrogen-bond donors (Lipinski definition) is 2. The highest BCUT2D eigenvalue weighted by atomic mass is 16.5. The van der Waals surface area contributed by atoms with Gasteiger partial charge in [0.05, 0.1) is 0 Å². The molecule has 1 aliphatic heterocycles. The fraction of sp³-hybridized carbons (Fsp3) is 0.500. The number of ether oxygens (including phenoxy) is 1. The summed E-state index contributed by atoms with van der Waals surface area (Å²) in [5.74, 6) is 1.29. The Morgan fingerprint density at radius 3 is 2.61 bits per heavy atom. The van der Waals surface area contributed by atoms with E-state index in [-0.39, 0.29) is 12.5 Å². The Balaban J connectivity index is 1.90. The van der Waals surface area contributed by atoms with E-state index in [0.717, 1.165) is 18.8 Å². The van der Waals surface area contributed by atoms with Crippen LogP contribution in [0.15, 0.2) is 24.3 Å². The molecule has 4 nitrogen and oxygen atoms in total. The molecule has 1 aliphatic rings. The topological polar surface area (TPSA) is 50.4 Å². The molecule has 98 valence electrons. The van der Waals surface area contributed by atoms with E-state index in [0.29, 0.717) is 5.92 Å². The van der Waals surface area contributed by atoms with Crippen LogP contribution in [0.1, 0.15) is 24.3 Å². The summed E-state index contributed by atoms with van der Waals surface area (Å²) in [5.41, 5.74) is 1.36. The number of hydrogen-bond acceptors (Lipinski definition) is 3. The third-order valence-corrected chi connectivity index (χ3v) is 3.34. The molecule has 0 unspecified atom stereocenters. The van der Waals surface area contributed by atoms with E-state index in [1.54, 1.807) is 7.05 Å². The molecule has 0 aliphatic carbocycles. The van der Waals surface area contributed by atoms with Gasteiger partial charge in [0.1, 0.15) is 5.75 Å². The highest BCUT2D eigenvalue weighted by Gasteiger charge is 2.14. The van der Waals surface area contributed by atoms with Crippen molar-refractivity contribution in [2.45, 2.75) is 18.8 Å². The lowest BCUT2D eigenvalue weighted by molar-refractivity contribution is -0.122. The van der Waals surface area contributed by atoms with E-state index in [9.17, 15) is 4.79 Å². The normalized spacial score (nSPS) is 16.3. The molecule has 4 heteroatoms. The predicted molar refractivity (Wildman–Crippen MR) is 70.8 cm³/mol. The Kier molecular flexibility index (Phi) is 4.59. The second kappa shape index (κ2) is 6.40. The second-order valence-corrected chi connectivity index (χ2v) is 4.56. The first-order chi connectivity index (χ1) is 8.79. The molecule has 2 N–H and O–H groups in total. The second-order valence-electron chi connectivity index (χ2n) is 4.56. The number of benzene rings is 1. The van der Waals surface area contributed by atoms with E-state index >= 15 is 0 Å². The Morgan fingerprint density at radius 2 is 2.00 bits per heavy atom. The van der Waals surface area contributed by atoms with Crippen molar-refractivity contribution in [3.8, 4) is 5.75 Å². The quantitative estimate of drug-likeness (QED) is 0.844. The van der Waals surface area contributed by atoms with Crippen LogP contribution in [0.3, 0.4) is 0 Å². The van der Waals surface area contributed by atoms with Gasteiger partial charge in [-0.3, -0.25) is 4.79 Å². The predicted octanol–water partition coefficient (Wildman–Crippen LogP) is 1.28. The number of nitrogens with one attached hydrogen (secondary N) is 2. The average Bonchev–Trinajstić information content (AvgIpc) is 2.46. The molecule has 0 radical (unpaired) electrons. The Morgan fingerprint density at radius 1 is 1.33 bits per heavy atom. The molecule has 1 saturated heterocycles. The minimum atomic E-state index is -0.113. The van der Waals surface area contributed by atoms with Gasteiger partial charge < -0.3 is 15.4 Å². The van der Waals surface area contributed by atoms with E-state index < -0.39 is 0 Å². The summed E-state index contributed by atoms with van der Waals surface area (Å²) in [6.07, 6.45) is 2.39. The molecular weight excluding hydrogens is 228 g/mol. The molecule has 0 aromatic heterocycles. The lowest BCUT2D eigenvalue weighted by Gasteiger charge is -2.23. The van der Waals surface area contributed by atoms with Crippen LogP contribution >= 0.6 is 0 Å². The van der Waals surface area contributed by atoms with Crippen LogP contribution in [-0.2, 0) is 4.79 Å². The van der Waals surface area contributed by atoms with Crippen LogP contribution in [0.5, 0.6) is 5.75 Å². The van der Waals surface area contributed by atoms with Gasteiger partial charge in [0.15, 0.2) is 6.61 Å². The van der Waals surface area contributed by atoms with Crippen molar-refractivity contribution < 1.29 is 9.53 Å². The van der Waals surface area contributed by atoms with Crippen LogP contribution in [0, 0.1) is 0 Å². The van der Waals surface area contributed by atoms with E-state index in [1.165, 1.54) is 18.4 Å². The first kappa shape index (κ1) is 12.9. The minimum absolute atomic E-state index is 0.0726. The lowest BCUT2D eigenvalue weighted by Crippen LogP contribution is -2.26. The van der Waals surface area contributed by atoms with Crippen LogP contribution in [0.2, 0.25) is 0 Å². The van der Waals surface area contributed by atoms with Gasteiger partial charge >= 0.3 is 0 Å². The van der Waals surface area contributed by atoms with Gasteiger partial charge in [-0.15, -0.1) is 0 Å². The molecule has 0 spiro atoms.